The van der Waals surface area contributed by atoms with Crippen LogP contribution in [0.15, 0.2) is 51.7 Å². The van der Waals surface area contributed by atoms with E-state index in [4.69, 9.17) is 14.5 Å². The molecule has 164 valence electrons. The van der Waals surface area contributed by atoms with Crippen molar-refractivity contribution < 1.29 is 9.47 Å². The maximum Gasteiger partial charge on any atom is 0.260 e. The Morgan fingerprint density at radius 3 is 2.75 bits per heavy atom. The predicted molar refractivity (Wildman–Crippen MR) is 132 cm³/mol. The normalized spacial score (nSPS) is 13.6. The molecule has 5 rings (SSSR count). The second-order valence-corrected chi connectivity index (χ2v) is 9.86. The van der Waals surface area contributed by atoms with Crippen molar-refractivity contribution in [3.05, 3.63) is 73.3 Å². The molecule has 4 aromatic rings. The fourth-order valence-electron chi connectivity index (χ4n) is 4.20. The highest BCUT2D eigenvalue weighted by Gasteiger charge is 2.20. The van der Waals surface area contributed by atoms with Crippen LogP contribution in [0.5, 0.6) is 11.5 Å². The molecule has 0 fully saturated rings. The number of aromatic nitrogens is 2. The van der Waals surface area contributed by atoms with Gasteiger partial charge in [-0.3, -0.25) is 4.79 Å². The Bertz CT molecular complexity index is 1330. The Morgan fingerprint density at radius 1 is 1.12 bits per heavy atom. The third-order valence-electron chi connectivity index (χ3n) is 5.80. The lowest BCUT2D eigenvalue weighted by Gasteiger charge is -2.14. The number of rotatable bonds is 5. The molecular formula is C25H23BrN2O3S. The summed E-state index contributed by atoms with van der Waals surface area (Å²) in [5.74, 6) is 1.73. The number of aromatic amines is 1. The molecule has 1 aliphatic carbocycles. The largest absolute Gasteiger partial charge is 0.493 e. The molecule has 1 N–H and O–H groups in total. The number of hydrogen-bond acceptors (Lipinski definition) is 5. The van der Waals surface area contributed by atoms with Gasteiger partial charge in [0, 0.05) is 10.4 Å². The van der Waals surface area contributed by atoms with Crippen LogP contribution in [-0.2, 0) is 19.4 Å². The molecule has 5 nitrogen and oxygen atoms in total. The molecule has 0 unspecified atom stereocenters. The van der Waals surface area contributed by atoms with Crippen molar-refractivity contribution in [2.45, 2.75) is 38.7 Å². The van der Waals surface area contributed by atoms with E-state index in [0.717, 1.165) is 45.1 Å². The average Bonchev–Trinajstić information content (AvgIpc) is 3.00. The Kier molecular flexibility index (Phi) is 6.02. The van der Waals surface area contributed by atoms with Crippen LogP contribution in [-0.4, -0.2) is 17.1 Å². The minimum Gasteiger partial charge on any atom is -0.493 e. The molecule has 2 heterocycles. The highest BCUT2D eigenvalue weighted by atomic mass is 79.9. The van der Waals surface area contributed by atoms with E-state index < -0.39 is 0 Å². The standard InChI is InChI=1S/C25H23BrN2O3S/c1-30-19-13-16(12-18(26)22(19)31-14-15-8-4-2-5-9-15)23-27-24(29)21-17-10-6-3-7-11-20(17)32-25(21)28-23/h2,4-5,8-9,12-13H,3,6-7,10-11,14H2,1H3,(H,27,28,29). The first kappa shape index (κ1) is 21.2. The summed E-state index contributed by atoms with van der Waals surface area (Å²) in [5, 5.41) is 0.768. The monoisotopic (exact) mass is 510 g/mol. The first-order chi connectivity index (χ1) is 15.6. The van der Waals surface area contributed by atoms with Crippen LogP contribution >= 0.6 is 27.3 Å². The summed E-state index contributed by atoms with van der Waals surface area (Å²) in [5.41, 5.74) is 2.97. The number of ether oxygens (including phenoxy) is 2. The molecule has 0 spiro atoms. The van der Waals surface area contributed by atoms with Gasteiger partial charge < -0.3 is 14.5 Å². The summed E-state index contributed by atoms with van der Waals surface area (Å²) in [6.07, 6.45) is 5.54. The minimum absolute atomic E-state index is 0.0658. The zero-order valence-electron chi connectivity index (χ0n) is 17.7. The van der Waals surface area contributed by atoms with E-state index in [1.807, 2.05) is 42.5 Å². The molecule has 0 saturated heterocycles. The van der Waals surface area contributed by atoms with Gasteiger partial charge in [0.25, 0.3) is 5.56 Å². The van der Waals surface area contributed by atoms with Crippen LogP contribution < -0.4 is 15.0 Å². The third kappa shape index (κ3) is 4.07. The van der Waals surface area contributed by atoms with Crippen LogP contribution in [0.1, 0.15) is 35.3 Å². The van der Waals surface area contributed by atoms with Gasteiger partial charge in [-0.1, -0.05) is 36.8 Å². The van der Waals surface area contributed by atoms with E-state index in [-0.39, 0.29) is 5.56 Å². The quantitative estimate of drug-likeness (QED) is 0.321. The fraction of sp³-hybridized carbons (Fsp3) is 0.280. The number of aryl methyl sites for hydroxylation is 2. The number of nitrogens with one attached hydrogen (secondary N) is 1. The van der Waals surface area contributed by atoms with Crippen LogP contribution in [0.3, 0.4) is 0 Å². The van der Waals surface area contributed by atoms with E-state index in [1.54, 1.807) is 18.4 Å². The Labute approximate surface area is 198 Å². The lowest BCUT2D eigenvalue weighted by atomic mass is 10.1. The number of halogens is 1. The van der Waals surface area contributed by atoms with Gasteiger partial charge in [0.2, 0.25) is 0 Å². The lowest BCUT2D eigenvalue weighted by Crippen LogP contribution is -2.10. The summed E-state index contributed by atoms with van der Waals surface area (Å²) in [6, 6.07) is 13.7. The number of nitrogens with zero attached hydrogens (tertiary/aromatic N) is 1. The van der Waals surface area contributed by atoms with Gasteiger partial charge in [-0.25, -0.2) is 4.98 Å². The van der Waals surface area contributed by atoms with Crippen LogP contribution in [0, 0.1) is 0 Å². The molecule has 2 aromatic carbocycles. The zero-order valence-corrected chi connectivity index (χ0v) is 20.1. The van der Waals surface area contributed by atoms with Crippen molar-refractivity contribution in [2.75, 3.05) is 7.11 Å². The molecule has 0 radical (unpaired) electrons. The summed E-state index contributed by atoms with van der Waals surface area (Å²) >= 11 is 5.27. The first-order valence-electron chi connectivity index (χ1n) is 10.7. The van der Waals surface area contributed by atoms with Crippen molar-refractivity contribution in [3.63, 3.8) is 0 Å². The van der Waals surface area contributed by atoms with Gasteiger partial charge in [-0.15, -0.1) is 11.3 Å². The smallest absolute Gasteiger partial charge is 0.260 e. The van der Waals surface area contributed by atoms with Gasteiger partial charge in [0.05, 0.1) is 17.0 Å². The highest BCUT2D eigenvalue weighted by molar-refractivity contribution is 9.10. The predicted octanol–water partition coefficient (Wildman–Crippen LogP) is 6.27. The van der Waals surface area contributed by atoms with E-state index in [2.05, 4.69) is 20.9 Å². The number of hydrogen-bond donors (Lipinski definition) is 1. The number of H-pyrrole nitrogens is 1. The summed E-state index contributed by atoms with van der Waals surface area (Å²) < 4.78 is 12.4. The molecule has 1 aliphatic rings. The zero-order chi connectivity index (χ0) is 22.1. The molecule has 0 saturated carbocycles. The first-order valence-corrected chi connectivity index (χ1v) is 12.3. The Hall–Kier alpha value is -2.64. The fourth-order valence-corrected chi connectivity index (χ4v) is 6.02. The van der Waals surface area contributed by atoms with E-state index in [1.165, 1.54) is 23.3 Å². The number of thiophene rings is 1. The van der Waals surface area contributed by atoms with Crippen LogP contribution in [0.2, 0.25) is 0 Å². The maximum absolute atomic E-state index is 13.0. The van der Waals surface area contributed by atoms with Crippen molar-refractivity contribution in [2.24, 2.45) is 0 Å². The van der Waals surface area contributed by atoms with Crippen LogP contribution in [0.25, 0.3) is 21.6 Å². The van der Waals surface area contributed by atoms with E-state index >= 15 is 0 Å². The van der Waals surface area contributed by atoms with Gasteiger partial charge in [-0.05, 0) is 64.9 Å². The molecule has 0 amide bonds. The topological polar surface area (TPSA) is 64.2 Å². The van der Waals surface area contributed by atoms with Gasteiger partial charge in [0.15, 0.2) is 11.5 Å². The van der Waals surface area contributed by atoms with Gasteiger partial charge >= 0.3 is 0 Å². The Morgan fingerprint density at radius 2 is 1.94 bits per heavy atom. The molecule has 0 atom stereocenters. The van der Waals surface area contributed by atoms with Crippen molar-refractivity contribution in [1.82, 2.24) is 9.97 Å². The molecule has 2 aromatic heterocycles. The summed E-state index contributed by atoms with van der Waals surface area (Å²) in [4.78, 5) is 23.0. The molecule has 7 heteroatoms. The van der Waals surface area contributed by atoms with Gasteiger partial charge in [-0.2, -0.15) is 0 Å². The summed E-state index contributed by atoms with van der Waals surface area (Å²) in [7, 11) is 1.61. The average molecular weight is 511 g/mol. The molecule has 0 aliphatic heterocycles. The van der Waals surface area contributed by atoms with Gasteiger partial charge in [0.1, 0.15) is 17.3 Å². The molecule has 32 heavy (non-hydrogen) atoms. The SMILES string of the molecule is COc1cc(-c2nc3sc4c(c3c(=O)[nH]2)CCCCC4)cc(Br)c1OCc1ccccc1. The second-order valence-electron chi connectivity index (χ2n) is 7.92. The number of fused-ring (bicyclic) bond motifs is 3. The van der Waals surface area contributed by atoms with E-state index in [0.29, 0.717) is 23.9 Å². The number of benzene rings is 2. The molecular weight excluding hydrogens is 488 g/mol. The van der Waals surface area contributed by atoms with Crippen molar-refractivity contribution in [3.8, 4) is 22.9 Å². The third-order valence-corrected chi connectivity index (χ3v) is 7.58. The van der Waals surface area contributed by atoms with E-state index in [9.17, 15) is 4.79 Å². The summed E-state index contributed by atoms with van der Waals surface area (Å²) in [6.45, 7) is 0.428. The van der Waals surface area contributed by atoms with Crippen LogP contribution in [0.4, 0.5) is 0 Å². The number of methoxy groups -OCH3 is 1. The molecule has 0 bridgehead atoms. The maximum atomic E-state index is 13.0. The Balaban J connectivity index is 1.52. The minimum atomic E-state index is -0.0658. The highest BCUT2D eigenvalue weighted by Crippen LogP contribution is 2.40. The van der Waals surface area contributed by atoms with Crippen molar-refractivity contribution in [1.29, 1.82) is 0 Å². The lowest BCUT2D eigenvalue weighted by molar-refractivity contribution is 0.282. The van der Waals surface area contributed by atoms with Crippen molar-refractivity contribution >= 4 is 37.5 Å². The second kappa shape index (κ2) is 9.08.